The van der Waals surface area contributed by atoms with Gasteiger partial charge in [-0.2, -0.15) is 5.26 Å². The van der Waals surface area contributed by atoms with Crippen molar-refractivity contribution in [1.82, 2.24) is 0 Å². The number of nitrogens with one attached hydrogen (secondary N) is 1. The van der Waals surface area contributed by atoms with Crippen LogP contribution in [0.2, 0.25) is 0 Å². The number of amides is 1. The van der Waals surface area contributed by atoms with Crippen LogP contribution in [0, 0.1) is 17.2 Å². The van der Waals surface area contributed by atoms with Crippen molar-refractivity contribution in [3.8, 4) is 6.07 Å². The Hall–Kier alpha value is -1.86. The Morgan fingerprint density at radius 1 is 1.30 bits per heavy atom. The summed E-state index contributed by atoms with van der Waals surface area (Å²) in [4.78, 5) is 11.7. The molecule has 1 aromatic carbocycles. The number of nitriles is 1. The summed E-state index contributed by atoms with van der Waals surface area (Å²) in [5.41, 5.74) is 1.30. The molecule has 0 aromatic heterocycles. The molecule has 4 nitrogen and oxygen atoms in total. The number of rotatable bonds is 6. The van der Waals surface area contributed by atoms with E-state index < -0.39 is 0 Å². The average Bonchev–Trinajstić information content (AvgIpc) is 2.98. The smallest absolute Gasteiger partial charge is 0.226 e. The van der Waals surface area contributed by atoms with Crippen molar-refractivity contribution < 1.29 is 9.53 Å². The van der Waals surface area contributed by atoms with E-state index in [9.17, 15) is 4.79 Å². The minimum Gasteiger partial charge on any atom is -0.381 e. The lowest BCUT2D eigenvalue weighted by Gasteiger charge is -2.10. The molecule has 1 aliphatic carbocycles. The third-order valence-electron chi connectivity index (χ3n) is 3.60. The quantitative estimate of drug-likeness (QED) is 0.809. The predicted molar refractivity (Wildman–Crippen MR) is 77.2 cm³/mol. The predicted octanol–water partition coefficient (Wildman–Crippen LogP) is 3.09. The highest BCUT2D eigenvalue weighted by atomic mass is 16.5. The van der Waals surface area contributed by atoms with Crippen molar-refractivity contribution in [2.45, 2.75) is 32.1 Å². The van der Waals surface area contributed by atoms with Crippen LogP contribution in [0.1, 0.15) is 37.7 Å². The molecule has 0 radical (unpaired) electrons. The van der Waals surface area contributed by atoms with Crippen molar-refractivity contribution >= 4 is 11.6 Å². The van der Waals surface area contributed by atoms with Crippen LogP contribution in [0.15, 0.2) is 24.3 Å². The van der Waals surface area contributed by atoms with Gasteiger partial charge in [0.2, 0.25) is 5.91 Å². The summed E-state index contributed by atoms with van der Waals surface area (Å²) in [6.45, 7) is 1.25. The maximum Gasteiger partial charge on any atom is 0.226 e. The molecule has 1 N–H and O–H groups in total. The highest BCUT2D eigenvalue weighted by Crippen LogP contribution is 2.24. The van der Waals surface area contributed by atoms with Crippen molar-refractivity contribution in [3.05, 3.63) is 29.8 Å². The second kappa shape index (κ2) is 7.66. The third-order valence-corrected chi connectivity index (χ3v) is 3.60. The molecule has 0 saturated heterocycles. The summed E-state index contributed by atoms with van der Waals surface area (Å²) in [6, 6.07) is 8.88. The topological polar surface area (TPSA) is 62.1 Å². The Kier molecular flexibility index (Phi) is 5.57. The van der Waals surface area contributed by atoms with E-state index in [4.69, 9.17) is 10.00 Å². The van der Waals surface area contributed by atoms with Gasteiger partial charge >= 0.3 is 0 Å². The van der Waals surface area contributed by atoms with Gasteiger partial charge in [-0.15, -0.1) is 0 Å². The number of carbonyl (C=O) groups excluding carboxylic acids is 1. The van der Waals surface area contributed by atoms with Gasteiger partial charge in [-0.3, -0.25) is 4.79 Å². The molecular formula is C16H20N2O2. The number of ether oxygens (including phenoxy) is 1. The van der Waals surface area contributed by atoms with Crippen LogP contribution in [-0.4, -0.2) is 19.1 Å². The molecule has 1 saturated carbocycles. The maximum absolute atomic E-state index is 11.7. The summed E-state index contributed by atoms with van der Waals surface area (Å²) in [7, 11) is 0. The standard InChI is InChI=1S/C16H20N2O2/c17-11-13-5-7-15(8-6-13)18-16(19)9-10-20-12-14-3-1-2-4-14/h5-8,14H,1-4,9-10,12H2,(H,18,19). The van der Waals surface area contributed by atoms with E-state index in [0.29, 0.717) is 30.2 Å². The van der Waals surface area contributed by atoms with Crippen molar-refractivity contribution in [1.29, 1.82) is 5.26 Å². The molecule has 0 bridgehead atoms. The van der Waals surface area contributed by atoms with E-state index in [1.165, 1.54) is 25.7 Å². The molecule has 0 atom stereocenters. The highest BCUT2D eigenvalue weighted by molar-refractivity contribution is 5.90. The first-order chi connectivity index (χ1) is 9.78. The zero-order valence-corrected chi connectivity index (χ0v) is 11.6. The highest BCUT2D eigenvalue weighted by Gasteiger charge is 2.14. The molecule has 2 rings (SSSR count). The van der Waals surface area contributed by atoms with Crippen molar-refractivity contribution in [3.63, 3.8) is 0 Å². The van der Waals surface area contributed by atoms with Crippen LogP contribution in [-0.2, 0) is 9.53 Å². The minimum atomic E-state index is -0.0545. The maximum atomic E-state index is 11.7. The first-order valence-electron chi connectivity index (χ1n) is 7.15. The van der Waals surface area contributed by atoms with E-state index in [2.05, 4.69) is 5.32 Å². The van der Waals surface area contributed by atoms with Crippen molar-refractivity contribution in [2.75, 3.05) is 18.5 Å². The summed E-state index contributed by atoms with van der Waals surface area (Å²) in [5, 5.41) is 11.5. The molecule has 1 amide bonds. The molecule has 0 unspecified atom stereocenters. The Balaban J connectivity index is 1.63. The van der Waals surface area contributed by atoms with Crippen LogP contribution in [0.25, 0.3) is 0 Å². The molecule has 0 aliphatic heterocycles. The lowest BCUT2D eigenvalue weighted by Crippen LogP contribution is -2.15. The first kappa shape index (κ1) is 14.5. The number of carbonyl (C=O) groups is 1. The second-order valence-electron chi connectivity index (χ2n) is 5.21. The molecule has 1 fully saturated rings. The fourth-order valence-corrected chi connectivity index (χ4v) is 2.44. The summed E-state index contributed by atoms with van der Waals surface area (Å²) in [6.07, 6.45) is 5.52. The van der Waals surface area contributed by atoms with Crippen LogP contribution >= 0.6 is 0 Å². The molecule has 20 heavy (non-hydrogen) atoms. The molecule has 0 heterocycles. The van der Waals surface area contributed by atoms with E-state index >= 15 is 0 Å². The summed E-state index contributed by atoms with van der Waals surface area (Å²) in [5.74, 6) is 0.637. The zero-order valence-electron chi connectivity index (χ0n) is 11.6. The Bertz CT molecular complexity index is 470. The fourth-order valence-electron chi connectivity index (χ4n) is 2.44. The Morgan fingerprint density at radius 2 is 2.00 bits per heavy atom. The number of hydrogen-bond donors (Lipinski definition) is 1. The number of nitrogens with zero attached hydrogens (tertiary/aromatic N) is 1. The number of hydrogen-bond acceptors (Lipinski definition) is 3. The summed E-state index contributed by atoms with van der Waals surface area (Å²) < 4.78 is 5.56. The van der Waals surface area contributed by atoms with E-state index in [0.717, 1.165) is 6.61 Å². The SMILES string of the molecule is N#Cc1ccc(NC(=O)CCOCC2CCCC2)cc1. The first-order valence-corrected chi connectivity index (χ1v) is 7.15. The second-order valence-corrected chi connectivity index (χ2v) is 5.21. The van der Waals surface area contributed by atoms with Gasteiger partial charge in [-0.25, -0.2) is 0 Å². The summed E-state index contributed by atoms with van der Waals surface area (Å²) >= 11 is 0. The van der Waals surface area contributed by atoms with Crippen molar-refractivity contribution in [2.24, 2.45) is 5.92 Å². The van der Waals surface area contributed by atoms with E-state index in [1.807, 2.05) is 6.07 Å². The van der Waals surface area contributed by atoms with E-state index in [1.54, 1.807) is 24.3 Å². The van der Waals surface area contributed by atoms with E-state index in [-0.39, 0.29) is 5.91 Å². The molecule has 4 heteroatoms. The monoisotopic (exact) mass is 272 g/mol. The van der Waals surface area contributed by atoms with Gasteiger partial charge in [0, 0.05) is 12.3 Å². The molecule has 1 aromatic rings. The Morgan fingerprint density at radius 3 is 2.65 bits per heavy atom. The molecule has 106 valence electrons. The van der Waals surface area contributed by atoms with Gasteiger partial charge in [0.25, 0.3) is 0 Å². The largest absolute Gasteiger partial charge is 0.381 e. The van der Waals surface area contributed by atoms with Crippen LogP contribution in [0.4, 0.5) is 5.69 Å². The molecule has 1 aliphatic rings. The van der Waals surface area contributed by atoms with Gasteiger partial charge in [0.05, 0.1) is 24.7 Å². The zero-order chi connectivity index (χ0) is 14.2. The van der Waals surface area contributed by atoms with Crippen LogP contribution in [0.3, 0.4) is 0 Å². The normalized spacial score (nSPS) is 14.9. The minimum absolute atomic E-state index is 0.0545. The van der Waals surface area contributed by atoms with Crippen LogP contribution < -0.4 is 5.32 Å². The molecular weight excluding hydrogens is 252 g/mol. The van der Waals surface area contributed by atoms with Crippen LogP contribution in [0.5, 0.6) is 0 Å². The van der Waals surface area contributed by atoms with Gasteiger partial charge < -0.3 is 10.1 Å². The van der Waals surface area contributed by atoms with Gasteiger partial charge in [-0.1, -0.05) is 12.8 Å². The lowest BCUT2D eigenvalue weighted by molar-refractivity contribution is -0.117. The van der Waals surface area contributed by atoms with Gasteiger partial charge in [-0.05, 0) is 43.0 Å². The molecule has 0 spiro atoms. The average molecular weight is 272 g/mol. The fraction of sp³-hybridized carbons (Fsp3) is 0.500. The number of anilines is 1. The lowest BCUT2D eigenvalue weighted by atomic mass is 10.1. The van der Waals surface area contributed by atoms with Gasteiger partial charge in [0.15, 0.2) is 0 Å². The Labute approximate surface area is 119 Å². The van der Waals surface area contributed by atoms with Gasteiger partial charge in [0.1, 0.15) is 0 Å². The number of benzene rings is 1. The third kappa shape index (κ3) is 4.67.